The van der Waals surface area contributed by atoms with E-state index in [4.69, 9.17) is 5.73 Å². The van der Waals surface area contributed by atoms with Crippen molar-refractivity contribution in [1.82, 2.24) is 5.32 Å². The Morgan fingerprint density at radius 3 is 2.00 bits per heavy atom. The van der Waals surface area contributed by atoms with Crippen molar-refractivity contribution in [1.29, 1.82) is 0 Å². The highest BCUT2D eigenvalue weighted by molar-refractivity contribution is 4.97. The first-order chi connectivity index (χ1) is 8.68. The number of hydrogen-bond acceptors (Lipinski definition) is 2. The molecule has 0 aromatic heterocycles. The smallest absolute Gasteiger partial charge is 0.0311 e. The molecule has 1 atom stereocenters. The molecule has 1 rings (SSSR count). The predicted octanol–water partition coefficient (Wildman–Crippen LogP) is 3.94. The van der Waals surface area contributed by atoms with Crippen molar-refractivity contribution in [2.75, 3.05) is 6.54 Å². The van der Waals surface area contributed by atoms with E-state index in [9.17, 15) is 0 Å². The number of rotatable bonds is 7. The summed E-state index contributed by atoms with van der Waals surface area (Å²) < 4.78 is 0. The summed E-state index contributed by atoms with van der Waals surface area (Å²) in [7, 11) is 0. The van der Waals surface area contributed by atoms with E-state index in [0.29, 0.717) is 23.3 Å². The molecule has 1 unspecified atom stereocenters. The molecular formula is C17H36N2. The third kappa shape index (κ3) is 5.43. The molecule has 19 heavy (non-hydrogen) atoms. The summed E-state index contributed by atoms with van der Waals surface area (Å²) in [5.41, 5.74) is 6.84. The van der Waals surface area contributed by atoms with Gasteiger partial charge < -0.3 is 11.1 Å². The van der Waals surface area contributed by atoms with Crippen molar-refractivity contribution in [2.45, 2.75) is 85.2 Å². The lowest BCUT2D eigenvalue weighted by molar-refractivity contribution is 0.201. The lowest BCUT2D eigenvalue weighted by Gasteiger charge is -2.40. The molecule has 0 aliphatic heterocycles. The summed E-state index contributed by atoms with van der Waals surface area (Å²) >= 11 is 0. The van der Waals surface area contributed by atoms with E-state index in [0.717, 1.165) is 6.54 Å². The summed E-state index contributed by atoms with van der Waals surface area (Å²) in [6, 6.07) is 0.663. The van der Waals surface area contributed by atoms with Crippen molar-refractivity contribution in [2.24, 2.45) is 23.0 Å². The van der Waals surface area contributed by atoms with E-state index in [1.807, 2.05) is 0 Å². The zero-order chi connectivity index (χ0) is 14.7. The van der Waals surface area contributed by atoms with Crippen LogP contribution < -0.4 is 11.1 Å². The number of hydrogen-bond donors (Lipinski definition) is 2. The lowest BCUT2D eigenvalue weighted by Crippen LogP contribution is -2.56. The molecular weight excluding hydrogens is 232 g/mol. The van der Waals surface area contributed by atoms with Gasteiger partial charge in [0.15, 0.2) is 0 Å². The first kappa shape index (κ1) is 17.0. The van der Waals surface area contributed by atoms with Crippen LogP contribution in [0.2, 0.25) is 0 Å². The maximum Gasteiger partial charge on any atom is 0.0311 e. The van der Waals surface area contributed by atoms with E-state index in [1.54, 1.807) is 0 Å². The first-order valence-electron chi connectivity index (χ1n) is 8.16. The minimum Gasteiger partial charge on any atom is -0.329 e. The summed E-state index contributed by atoms with van der Waals surface area (Å²) in [6.07, 6.45) is 6.34. The highest BCUT2D eigenvalue weighted by Crippen LogP contribution is 2.38. The van der Waals surface area contributed by atoms with Crippen LogP contribution in [0.1, 0.15) is 73.6 Å². The van der Waals surface area contributed by atoms with Crippen molar-refractivity contribution >= 4 is 0 Å². The predicted molar refractivity (Wildman–Crippen MR) is 85.3 cm³/mol. The highest BCUT2D eigenvalue weighted by Gasteiger charge is 2.37. The molecule has 0 spiro atoms. The van der Waals surface area contributed by atoms with Gasteiger partial charge in [0, 0.05) is 18.1 Å². The Hall–Kier alpha value is -0.0800. The second-order valence-corrected chi connectivity index (χ2v) is 8.43. The molecule has 0 radical (unpaired) electrons. The Labute approximate surface area is 120 Å². The Morgan fingerprint density at radius 2 is 1.68 bits per heavy atom. The van der Waals surface area contributed by atoms with Gasteiger partial charge in [-0.1, -0.05) is 41.5 Å². The van der Waals surface area contributed by atoms with Gasteiger partial charge in [0.25, 0.3) is 0 Å². The molecule has 1 aliphatic carbocycles. The van der Waals surface area contributed by atoms with Crippen LogP contribution in [0.4, 0.5) is 0 Å². The van der Waals surface area contributed by atoms with Gasteiger partial charge >= 0.3 is 0 Å². The van der Waals surface area contributed by atoms with Crippen LogP contribution in [0.5, 0.6) is 0 Å². The SMILES string of the molecule is CC(C)CC(CN)(CC(C)C)NC1CCC(C)(C)C1. The van der Waals surface area contributed by atoms with Crippen molar-refractivity contribution in [3.05, 3.63) is 0 Å². The number of nitrogens with one attached hydrogen (secondary N) is 1. The van der Waals surface area contributed by atoms with Crippen LogP contribution in [-0.4, -0.2) is 18.1 Å². The third-order valence-electron chi connectivity index (χ3n) is 4.47. The Kier molecular flexibility index (Phi) is 5.88. The minimum absolute atomic E-state index is 0.146. The molecule has 0 heterocycles. The second-order valence-electron chi connectivity index (χ2n) is 8.43. The average Bonchev–Trinajstić information content (AvgIpc) is 2.55. The van der Waals surface area contributed by atoms with E-state index in [1.165, 1.54) is 32.1 Å². The van der Waals surface area contributed by atoms with Crippen LogP contribution in [0.25, 0.3) is 0 Å². The standard InChI is InChI=1S/C17H36N2/c1-13(2)9-17(12-18,10-14(3)4)19-15-7-8-16(5,6)11-15/h13-15,19H,7-12,18H2,1-6H3. The van der Waals surface area contributed by atoms with Gasteiger partial charge in [-0.25, -0.2) is 0 Å². The van der Waals surface area contributed by atoms with Crippen LogP contribution in [-0.2, 0) is 0 Å². The minimum atomic E-state index is 0.146. The van der Waals surface area contributed by atoms with Crippen LogP contribution in [0, 0.1) is 17.3 Å². The van der Waals surface area contributed by atoms with E-state index in [2.05, 4.69) is 46.9 Å². The molecule has 1 fully saturated rings. The molecule has 114 valence electrons. The fourth-order valence-electron chi connectivity index (χ4n) is 3.98. The van der Waals surface area contributed by atoms with E-state index >= 15 is 0 Å². The summed E-state index contributed by atoms with van der Waals surface area (Å²) in [5.74, 6) is 1.40. The summed E-state index contributed by atoms with van der Waals surface area (Å²) in [4.78, 5) is 0. The fourth-order valence-corrected chi connectivity index (χ4v) is 3.98. The fraction of sp³-hybridized carbons (Fsp3) is 1.00. The van der Waals surface area contributed by atoms with Crippen molar-refractivity contribution < 1.29 is 0 Å². The van der Waals surface area contributed by atoms with E-state index < -0.39 is 0 Å². The Balaban J connectivity index is 2.72. The van der Waals surface area contributed by atoms with E-state index in [-0.39, 0.29) is 5.54 Å². The zero-order valence-electron chi connectivity index (χ0n) is 14.1. The maximum atomic E-state index is 6.19. The van der Waals surface area contributed by atoms with Gasteiger partial charge in [-0.3, -0.25) is 0 Å². The lowest BCUT2D eigenvalue weighted by atomic mass is 9.81. The van der Waals surface area contributed by atoms with Gasteiger partial charge in [-0.15, -0.1) is 0 Å². The Bertz CT molecular complexity index is 258. The molecule has 1 aliphatic rings. The molecule has 0 saturated heterocycles. The first-order valence-corrected chi connectivity index (χ1v) is 8.16. The topological polar surface area (TPSA) is 38.0 Å². The number of nitrogens with two attached hydrogens (primary N) is 1. The van der Waals surface area contributed by atoms with Crippen LogP contribution in [0.15, 0.2) is 0 Å². The molecule has 0 aromatic carbocycles. The van der Waals surface area contributed by atoms with Crippen molar-refractivity contribution in [3.8, 4) is 0 Å². The molecule has 2 nitrogen and oxygen atoms in total. The quantitative estimate of drug-likeness (QED) is 0.734. The van der Waals surface area contributed by atoms with Crippen LogP contribution in [0.3, 0.4) is 0 Å². The molecule has 1 saturated carbocycles. The largest absolute Gasteiger partial charge is 0.329 e. The van der Waals surface area contributed by atoms with Gasteiger partial charge in [0.05, 0.1) is 0 Å². The second kappa shape index (κ2) is 6.58. The molecule has 0 aromatic rings. The molecule has 3 N–H and O–H groups in total. The Morgan fingerprint density at radius 1 is 1.16 bits per heavy atom. The van der Waals surface area contributed by atoms with Crippen LogP contribution >= 0.6 is 0 Å². The zero-order valence-corrected chi connectivity index (χ0v) is 14.1. The normalized spacial score (nSPS) is 23.5. The third-order valence-corrected chi connectivity index (χ3v) is 4.47. The molecule has 2 heteroatoms. The van der Waals surface area contributed by atoms with Crippen molar-refractivity contribution in [3.63, 3.8) is 0 Å². The highest BCUT2D eigenvalue weighted by atomic mass is 15.0. The monoisotopic (exact) mass is 268 g/mol. The summed E-state index contributed by atoms with van der Waals surface area (Å²) in [5, 5.41) is 3.97. The van der Waals surface area contributed by atoms with Gasteiger partial charge in [0.1, 0.15) is 0 Å². The van der Waals surface area contributed by atoms with Gasteiger partial charge in [-0.2, -0.15) is 0 Å². The summed E-state index contributed by atoms with van der Waals surface area (Å²) in [6.45, 7) is 14.8. The molecule has 0 bridgehead atoms. The van der Waals surface area contributed by atoms with Gasteiger partial charge in [0.2, 0.25) is 0 Å². The van der Waals surface area contributed by atoms with Gasteiger partial charge in [-0.05, 0) is 49.4 Å². The maximum absolute atomic E-state index is 6.19. The molecule has 0 amide bonds. The average molecular weight is 268 g/mol.